The standard InChI is InChI=1S/C22H26N4OS.2C2H6.CH4/c1-13-9-24-21-17(14(13)2)8-18(28-21)20(27)25-15-11-26(12-15)16-6-7-19(23-10-16)22(3,4)5;2*1-2;/h6-10,15H,11-12H2,1-5H3,(H,25,27);2*1-2H3;1H4. The van der Waals surface area contributed by atoms with Crippen LogP contribution in [0.4, 0.5) is 5.69 Å². The van der Waals surface area contributed by atoms with Crippen LogP contribution in [0.25, 0.3) is 10.2 Å². The minimum Gasteiger partial charge on any atom is -0.366 e. The van der Waals surface area contributed by atoms with E-state index in [1.807, 2.05) is 53.1 Å². The van der Waals surface area contributed by atoms with Gasteiger partial charge in [-0.2, -0.15) is 0 Å². The average Bonchev–Trinajstić information content (AvgIpc) is 3.21. The molecule has 0 spiro atoms. The van der Waals surface area contributed by atoms with Crippen LogP contribution in [-0.4, -0.2) is 35.0 Å². The molecule has 1 saturated heterocycles. The van der Waals surface area contributed by atoms with Crippen molar-refractivity contribution in [2.24, 2.45) is 0 Å². The number of aryl methyl sites for hydroxylation is 2. The summed E-state index contributed by atoms with van der Waals surface area (Å²) in [6, 6.07) is 6.34. The third-order valence-electron chi connectivity index (χ3n) is 5.41. The number of thiophene rings is 1. The molecule has 1 aliphatic heterocycles. The molecule has 4 heterocycles. The summed E-state index contributed by atoms with van der Waals surface area (Å²) in [5.41, 5.74) is 4.60. The Labute approximate surface area is 204 Å². The van der Waals surface area contributed by atoms with Gasteiger partial charge in [-0.3, -0.25) is 9.78 Å². The molecule has 5 nitrogen and oxygen atoms in total. The van der Waals surface area contributed by atoms with Gasteiger partial charge in [0.2, 0.25) is 0 Å². The molecule has 3 aromatic rings. The zero-order valence-corrected chi connectivity index (χ0v) is 21.9. The zero-order valence-electron chi connectivity index (χ0n) is 21.0. The number of fused-ring (bicyclic) bond motifs is 1. The summed E-state index contributed by atoms with van der Waals surface area (Å²) in [6.45, 7) is 20.2. The van der Waals surface area contributed by atoms with Gasteiger partial charge in [-0.1, -0.05) is 55.9 Å². The Balaban J connectivity index is 0.00000103. The van der Waals surface area contributed by atoms with Crippen molar-refractivity contribution in [2.75, 3.05) is 18.0 Å². The first-order chi connectivity index (χ1) is 15.2. The summed E-state index contributed by atoms with van der Waals surface area (Å²) in [7, 11) is 0. The van der Waals surface area contributed by atoms with E-state index < -0.39 is 0 Å². The second-order valence-corrected chi connectivity index (χ2v) is 9.65. The number of pyridine rings is 2. The molecule has 0 aliphatic carbocycles. The van der Waals surface area contributed by atoms with Gasteiger partial charge in [0.1, 0.15) is 4.83 Å². The molecule has 33 heavy (non-hydrogen) atoms. The van der Waals surface area contributed by atoms with Crippen LogP contribution in [0.1, 0.15) is 82.4 Å². The van der Waals surface area contributed by atoms with E-state index in [9.17, 15) is 4.79 Å². The highest BCUT2D eigenvalue weighted by Gasteiger charge is 2.29. The molecule has 0 unspecified atom stereocenters. The first-order valence-corrected chi connectivity index (χ1v) is 12.4. The molecule has 0 radical (unpaired) electrons. The topological polar surface area (TPSA) is 58.1 Å². The molecule has 3 aromatic heterocycles. The van der Waals surface area contributed by atoms with Crippen LogP contribution in [0.3, 0.4) is 0 Å². The fourth-order valence-corrected chi connectivity index (χ4v) is 4.34. The van der Waals surface area contributed by atoms with Gasteiger partial charge < -0.3 is 10.2 Å². The van der Waals surface area contributed by atoms with Crippen LogP contribution in [0.15, 0.2) is 30.6 Å². The molecular formula is C27H42N4OS. The van der Waals surface area contributed by atoms with Crippen molar-refractivity contribution >= 4 is 33.1 Å². The van der Waals surface area contributed by atoms with Crippen LogP contribution in [-0.2, 0) is 5.41 Å². The smallest absolute Gasteiger partial charge is 0.261 e. The zero-order chi connectivity index (χ0) is 24.1. The molecule has 0 aromatic carbocycles. The predicted octanol–water partition coefficient (Wildman–Crippen LogP) is 6.91. The highest BCUT2D eigenvalue weighted by Crippen LogP contribution is 2.29. The lowest BCUT2D eigenvalue weighted by Crippen LogP contribution is -2.59. The van der Waals surface area contributed by atoms with Crippen molar-refractivity contribution in [1.82, 2.24) is 15.3 Å². The minimum absolute atomic E-state index is 0. The maximum atomic E-state index is 12.7. The third kappa shape index (κ3) is 6.53. The van der Waals surface area contributed by atoms with Gasteiger partial charge >= 0.3 is 0 Å². The monoisotopic (exact) mass is 470 g/mol. The molecule has 1 N–H and O–H groups in total. The Morgan fingerprint density at radius 3 is 2.24 bits per heavy atom. The molecule has 1 fully saturated rings. The van der Waals surface area contributed by atoms with Gasteiger partial charge in [-0.05, 0) is 43.2 Å². The second kappa shape index (κ2) is 12.1. The number of aromatic nitrogens is 2. The Hall–Kier alpha value is -2.47. The molecule has 0 bridgehead atoms. The van der Waals surface area contributed by atoms with Crippen molar-refractivity contribution in [3.05, 3.63) is 52.3 Å². The third-order valence-corrected chi connectivity index (χ3v) is 6.45. The number of carbonyl (C=O) groups is 1. The fraction of sp³-hybridized carbons (Fsp3) is 0.519. The van der Waals surface area contributed by atoms with Crippen LogP contribution < -0.4 is 10.2 Å². The van der Waals surface area contributed by atoms with E-state index in [-0.39, 0.29) is 24.8 Å². The number of anilines is 1. The lowest BCUT2D eigenvalue weighted by atomic mass is 9.91. The molecule has 182 valence electrons. The van der Waals surface area contributed by atoms with Crippen molar-refractivity contribution in [3.8, 4) is 0 Å². The van der Waals surface area contributed by atoms with Gasteiger partial charge in [0.25, 0.3) is 5.91 Å². The van der Waals surface area contributed by atoms with Gasteiger partial charge in [-0.15, -0.1) is 11.3 Å². The Bertz CT molecular complexity index is 1030. The van der Waals surface area contributed by atoms with E-state index in [2.05, 4.69) is 60.0 Å². The summed E-state index contributed by atoms with van der Waals surface area (Å²) < 4.78 is 0. The highest BCUT2D eigenvalue weighted by atomic mass is 32.1. The van der Waals surface area contributed by atoms with E-state index in [0.717, 1.165) is 45.1 Å². The predicted molar refractivity (Wildman–Crippen MR) is 145 cm³/mol. The fourth-order valence-electron chi connectivity index (χ4n) is 3.38. The number of amides is 1. The van der Waals surface area contributed by atoms with E-state index in [0.29, 0.717) is 0 Å². The van der Waals surface area contributed by atoms with Crippen molar-refractivity contribution < 1.29 is 4.79 Å². The van der Waals surface area contributed by atoms with E-state index in [1.165, 1.54) is 16.9 Å². The number of hydrogen-bond donors (Lipinski definition) is 1. The van der Waals surface area contributed by atoms with Crippen LogP contribution >= 0.6 is 11.3 Å². The van der Waals surface area contributed by atoms with E-state index in [4.69, 9.17) is 0 Å². The van der Waals surface area contributed by atoms with Crippen molar-refractivity contribution in [2.45, 2.75) is 81.2 Å². The van der Waals surface area contributed by atoms with Gasteiger partial charge in [0.05, 0.1) is 22.8 Å². The summed E-state index contributed by atoms with van der Waals surface area (Å²) in [5, 5.41) is 4.22. The second-order valence-electron chi connectivity index (χ2n) is 8.62. The first-order valence-electron chi connectivity index (χ1n) is 11.6. The number of nitrogens with one attached hydrogen (secondary N) is 1. The molecule has 0 atom stereocenters. The molecule has 0 saturated carbocycles. The summed E-state index contributed by atoms with van der Waals surface area (Å²) in [5.74, 6) is -0.00842. The van der Waals surface area contributed by atoms with Gasteiger partial charge in [0.15, 0.2) is 0 Å². The SMILES string of the molecule is C.CC.CC.Cc1cnc2sc(C(=O)NC3CN(c4ccc(C(C)(C)C)nc4)C3)cc2c1C. The van der Waals surface area contributed by atoms with Gasteiger partial charge in [-0.25, -0.2) is 4.98 Å². The summed E-state index contributed by atoms with van der Waals surface area (Å²) in [4.78, 5) is 25.6. The summed E-state index contributed by atoms with van der Waals surface area (Å²) in [6.07, 6.45) is 3.81. The van der Waals surface area contributed by atoms with E-state index >= 15 is 0 Å². The number of hydrogen-bond acceptors (Lipinski definition) is 5. The lowest BCUT2D eigenvalue weighted by molar-refractivity contribution is 0.0934. The molecule has 1 aliphatic rings. The Morgan fingerprint density at radius 2 is 1.70 bits per heavy atom. The van der Waals surface area contributed by atoms with Crippen LogP contribution in [0.2, 0.25) is 0 Å². The molecule has 4 rings (SSSR count). The minimum atomic E-state index is -0.00842. The van der Waals surface area contributed by atoms with Crippen LogP contribution in [0.5, 0.6) is 0 Å². The average molecular weight is 471 g/mol. The number of nitrogens with zero attached hydrogens (tertiary/aromatic N) is 3. The van der Waals surface area contributed by atoms with E-state index in [1.54, 1.807) is 0 Å². The van der Waals surface area contributed by atoms with Crippen molar-refractivity contribution in [3.63, 3.8) is 0 Å². The summed E-state index contributed by atoms with van der Waals surface area (Å²) >= 11 is 1.46. The normalized spacial score (nSPS) is 13.1. The highest BCUT2D eigenvalue weighted by molar-refractivity contribution is 7.20. The van der Waals surface area contributed by atoms with Crippen molar-refractivity contribution in [1.29, 1.82) is 0 Å². The molecule has 1 amide bonds. The quantitative estimate of drug-likeness (QED) is 0.452. The molecular weight excluding hydrogens is 428 g/mol. The molecule has 6 heteroatoms. The maximum Gasteiger partial charge on any atom is 0.261 e. The first kappa shape index (κ1) is 28.6. The Kier molecular flexibility index (Phi) is 10.5. The Morgan fingerprint density at radius 1 is 1.06 bits per heavy atom. The largest absolute Gasteiger partial charge is 0.366 e. The number of carbonyl (C=O) groups excluding carboxylic acids is 1. The van der Waals surface area contributed by atoms with Gasteiger partial charge in [0, 0.05) is 35.8 Å². The lowest BCUT2D eigenvalue weighted by Gasteiger charge is -2.41. The maximum absolute atomic E-state index is 12.7. The number of rotatable bonds is 3. The van der Waals surface area contributed by atoms with Crippen LogP contribution in [0, 0.1) is 13.8 Å².